The topological polar surface area (TPSA) is 32.3 Å². The fourth-order valence-corrected chi connectivity index (χ4v) is 2.34. The van der Waals surface area contributed by atoms with Crippen LogP contribution in [0.2, 0.25) is 0 Å². The average molecular weight is 247 g/mol. The summed E-state index contributed by atoms with van der Waals surface area (Å²) in [6.07, 6.45) is 1.02. The highest BCUT2D eigenvalue weighted by Crippen LogP contribution is 2.08. The lowest BCUT2D eigenvalue weighted by Crippen LogP contribution is -2.15. The van der Waals surface area contributed by atoms with E-state index in [-0.39, 0.29) is 6.61 Å². The minimum Gasteiger partial charge on any atom is -0.392 e. The highest BCUT2D eigenvalue weighted by molar-refractivity contribution is 7.09. The van der Waals surface area contributed by atoms with Gasteiger partial charge < -0.3 is 10.4 Å². The molecule has 0 saturated carbocycles. The fourth-order valence-electron chi connectivity index (χ4n) is 1.67. The molecule has 0 aliphatic heterocycles. The van der Waals surface area contributed by atoms with Gasteiger partial charge in [0, 0.05) is 11.4 Å². The Kier molecular flexibility index (Phi) is 4.74. The first-order chi connectivity index (χ1) is 8.38. The fraction of sp³-hybridized carbons (Fsp3) is 0.286. The first-order valence-corrected chi connectivity index (χ1v) is 6.68. The van der Waals surface area contributed by atoms with Crippen molar-refractivity contribution in [3.05, 3.63) is 57.8 Å². The van der Waals surface area contributed by atoms with Gasteiger partial charge in [-0.15, -0.1) is 11.3 Å². The molecule has 0 bridgehead atoms. The predicted molar refractivity (Wildman–Crippen MR) is 72.1 cm³/mol. The Morgan fingerprint density at radius 3 is 2.47 bits per heavy atom. The largest absolute Gasteiger partial charge is 0.392 e. The average Bonchev–Trinajstić information content (AvgIpc) is 2.88. The molecule has 1 aromatic heterocycles. The Morgan fingerprint density at radius 1 is 1.06 bits per heavy atom. The quantitative estimate of drug-likeness (QED) is 0.769. The third kappa shape index (κ3) is 3.97. The summed E-state index contributed by atoms with van der Waals surface area (Å²) in [6.45, 7) is 2.06. The molecule has 0 radical (unpaired) electrons. The van der Waals surface area contributed by atoms with E-state index in [9.17, 15) is 0 Å². The van der Waals surface area contributed by atoms with Crippen LogP contribution < -0.4 is 5.32 Å². The molecular formula is C14H17NOS. The van der Waals surface area contributed by atoms with Crippen molar-refractivity contribution in [2.24, 2.45) is 0 Å². The van der Waals surface area contributed by atoms with Crippen LogP contribution in [0.1, 0.15) is 16.0 Å². The van der Waals surface area contributed by atoms with Gasteiger partial charge in [-0.05, 0) is 35.5 Å². The molecule has 3 heteroatoms. The van der Waals surface area contributed by atoms with Crippen molar-refractivity contribution in [3.63, 3.8) is 0 Å². The van der Waals surface area contributed by atoms with Crippen LogP contribution in [0, 0.1) is 0 Å². The van der Waals surface area contributed by atoms with Gasteiger partial charge in [-0.2, -0.15) is 0 Å². The summed E-state index contributed by atoms with van der Waals surface area (Å²) in [5, 5.41) is 14.5. The van der Waals surface area contributed by atoms with Gasteiger partial charge in [0.05, 0.1) is 6.61 Å². The van der Waals surface area contributed by atoms with E-state index in [0.29, 0.717) is 0 Å². The van der Waals surface area contributed by atoms with Gasteiger partial charge in [0.1, 0.15) is 0 Å². The van der Waals surface area contributed by atoms with Crippen LogP contribution in [0.4, 0.5) is 0 Å². The minimum atomic E-state index is 0.122. The molecule has 0 fully saturated rings. The second kappa shape index (κ2) is 6.55. The molecule has 0 aliphatic rings. The van der Waals surface area contributed by atoms with Crippen molar-refractivity contribution in [3.8, 4) is 0 Å². The van der Waals surface area contributed by atoms with Crippen LogP contribution in [0.5, 0.6) is 0 Å². The van der Waals surface area contributed by atoms with E-state index < -0.39 is 0 Å². The van der Waals surface area contributed by atoms with E-state index in [2.05, 4.69) is 35.0 Å². The standard InChI is InChI=1S/C14H17NOS/c16-11-13-5-3-12(4-6-13)7-8-15-10-14-2-1-9-17-14/h1-6,9,15-16H,7-8,10-11H2. The first kappa shape index (κ1) is 12.3. The lowest BCUT2D eigenvalue weighted by molar-refractivity contribution is 0.282. The Bertz CT molecular complexity index is 422. The van der Waals surface area contributed by atoms with E-state index in [1.54, 1.807) is 11.3 Å². The summed E-state index contributed by atoms with van der Waals surface area (Å²) in [5.41, 5.74) is 2.28. The Labute approximate surface area is 106 Å². The zero-order valence-electron chi connectivity index (χ0n) is 9.73. The maximum absolute atomic E-state index is 8.94. The molecule has 2 N–H and O–H groups in total. The molecule has 90 valence electrons. The number of hydrogen-bond donors (Lipinski definition) is 2. The van der Waals surface area contributed by atoms with Crippen LogP contribution in [-0.2, 0) is 19.6 Å². The molecule has 0 saturated heterocycles. The van der Waals surface area contributed by atoms with Crippen molar-refractivity contribution in [1.29, 1.82) is 0 Å². The van der Waals surface area contributed by atoms with Gasteiger partial charge >= 0.3 is 0 Å². The van der Waals surface area contributed by atoms with E-state index in [0.717, 1.165) is 25.1 Å². The second-order valence-electron chi connectivity index (χ2n) is 3.98. The van der Waals surface area contributed by atoms with Crippen molar-refractivity contribution in [1.82, 2.24) is 5.32 Å². The summed E-state index contributed by atoms with van der Waals surface area (Å²) in [6, 6.07) is 12.4. The third-order valence-electron chi connectivity index (χ3n) is 2.68. The lowest BCUT2D eigenvalue weighted by atomic mass is 10.1. The second-order valence-corrected chi connectivity index (χ2v) is 5.01. The summed E-state index contributed by atoms with van der Waals surface area (Å²) in [7, 11) is 0. The van der Waals surface area contributed by atoms with E-state index in [1.807, 2.05) is 12.1 Å². The lowest BCUT2D eigenvalue weighted by Gasteiger charge is -2.04. The van der Waals surface area contributed by atoms with Gasteiger partial charge in [0.25, 0.3) is 0 Å². The SMILES string of the molecule is OCc1ccc(CCNCc2cccs2)cc1. The number of aliphatic hydroxyl groups excluding tert-OH is 1. The molecular weight excluding hydrogens is 230 g/mol. The number of rotatable bonds is 6. The third-order valence-corrected chi connectivity index (χ3v) is 3.55. The zero-order valence-corrected chi connectivity index (χ0v) is 10.5. The maximum atomic E-state index is 8.94. The van der Waals surface area contributed by atoms with E-state index in [1.165, 1.54) is 10.4 Å². The van der Waals surface area contributed by atoms with Crippen LogP contribution in [0.25, 0.3) is 0 Å². The summed E-state index contributed by atoms with van der Waals surface area (Å²) < 4.78 is 0. The smallest absolute Gasteiger partial charge is 0.0681 e. The number of hydrogen-bond acceptors (Lipinski definition) is 3. The monoisotopic (exact) mass is 247 g/mol. The van der Waals surface area contributed by atoms with Gasteiger partial charge in [-0.25, -0.2) is 0 Å². The number of nitrogens with one attached hydrogen (secondary N) is 1. The molecule has 2 rings (SSSR count). The molecule has 2 nitrogen and oxygen atoms in total. The molecule has 0 amide bonds. The highest BCUT2D eigenvalue weighted by atomic mass is 32.1. The van der Waals surface area contributed by atoms with E-state index in [4.69, 9.17) is 5.11 Å². The van der Waals surface area contributed by atoms with Gasteiger partial charge in [0.2, 0.25) is 0 Å². The van der Waals surface area contributed by atoms with Crippen molar-refractivity contribution in [2.75, 3.05) is 6.54 Å². The summed E-state index contributed by atoms with van der Waals surface area (Å²) in [5.74, 6) is 0. The molecule has 1 aromatic carbocycles. The van der Waals surface area contributed by atoms with Gasteiger partial charge in [0.15, 0.2) is 0 Å². The van der Waals surface area contributed by atoms with Crippen LogP contribution in [0.3, 0.4) is 0 Å². The first-order valence-electron chi connectivity index (χ1n) is 5.80. The number of thiophene rings is 1. The Morgan fingerprint density at radius 2 is 1.82 bits per heavy atom. The van der Waals surface area contributed by atoms with Gasteiger partial charge in [-0.1, -0.05) is 30.3 Å². The Hall–Kier alpha value is -1.16. The number of benzene rings is 1. The molecule has 1 heterocycles. The van der Waals surface area contributed by atoms with Gasteiger partial charge in [-0.3, -0.25) is 0 Å². The molecule has 17 heavy (non-hydrogen) atoms. The molecule has 0 aliphatic carbocycles. The van der Waals surface area contributed by atoms with Crippen LogP contribution in [-0.4, -0.2) is 11.7 Å². The predicted octanol–water partition coefficient (Wildman–Crippen LogP) is 2.57. The molecule has 0 atom stereocenters. The normalized spacial score (nSPS) is 10.6. The van der Waals surface area contributed by atoms with Crippen LogP contribution >= 0.6 is 11.3 Å². The summed E-state index contributed by atoms with van der Waals surface area (Å²) >= 11 is 1.78. The molecule has 0 spiro atoms. The highest BCUT2D eigenvalue weighted by Gasteiger charge is 1.95. The van der Waals surface area contributed by atoms with Crippen molar-refractivity contribution in [2.45, 2.75) is 19.6 Å². The van der Waals surface area contributed by atoms with Crippen LogP contribution in [0.15, 0.2) is 41.8 Å². The van der Waals surface area contributed by atoms with Crippen molar-refractivity contribution < 1.29 is 5.11 Å². The number of aliphatic hydroxyl groups is 1. The summed E-state index contributed by atoms with van der Waals surface area (Å²) in [4.78, 5) is 1.38. The maximum Gasteiger partial charge on any atom is 0.0681 e. The Balaban J connectivity index is 1.70. The van der Waals surface area contributed by atoms with Crippen molar-refractivity contribution >= 4 is 11.3 Å². The molecule has 0 unspecified atom stereocenters. The van der Waals surface area contributed by atoms with E-state index >= 15 is 0 Å². The zero-order chi connectivity index (χ0) is 11.9. The minimum absolute atomic E-state index is 0.122. The molecule has 2 aromatic rings.